The van der Waals surface area contributed by atoms with Crippen molar-refractivity contribution in [3.8, 4) is 39.1 Å². The molecule has 0 saturated carbocycles. The summed E-state index contributed by atoms with van der Waals surface area (Å²) in [6.45, 7) is 4.76. The van der Waals surface area contributed by atoms with Crippen molar-refractivity contribution in [1.82, 2.24) is 4.57 Å². The van der Waals surface area contributed by atoms with Gasteiger partial charge in [0.25, 0.3) is 0 Å². The highest BCUT2D eigenvalue weighted by Crippen LogP contribution is 2.53. The van der Waals surface area contributed by atoms with E-state index in [2.05, 4.69) is 277 Å². The van der Waals surface area contributed by atoms with Crippen molar-refractivity contribution in [3.63, 3.8) is 0 Å². The molecule has 0 amide bonds. The van der Waals surface area contributed by atoms with Crippen LogP contribution in [0.15, 0.2) is 249 Å². The van der Waals surface area contributed by atoms with E-state index in [1.165, 1.54) is 77.7 Å². The average molecular weight is 846 g/mol. The molecule has 1 aromatic heterocycles. The zero-order valence-corrected chi connectivity index (χ0v) is 37.0. The van der Waals surface area contributed by atoms with Crippen LogP contribution in [0.2, 0.25) is 0 Å². The number of nitrogens with zero attached hydrogens (tertiary/aromatic N) is 3. The molecule has 1 aliphatic rings. The van der Waals surface area contributed by atoms with Gasteiger partial charge in [-0.3, -0.25) is 0 Å². The van der Waals surface area contributed by atoms with Crippen LogP contribution < -0.4 is 9.80 Å². The molecule has 0 spiro atoms. The lowest BCUT2D eigenvalue weighted by atomic mass is 9.72. The fraction of sp³-hybridized carbons (Fsp3) is 0.0476. The van der Waals surface area contributed by atoms with Gasteiger partial charge in [-0.2, -0.15) is 0 Å². The fourth-order valence-electron chi connectivity index (χ4n) is 10.2. The largest absolute Gasteiger partial charge is 0.310 e. The first kappa shape index (κ1) is 39.2. The minimum atomic E-state index is -0.262. The van der Waals surface area contributed by atoms with Gasteiger partial charge in [0, 0.05) is 44.6 Å². The summed E-state index contributed by atoms with van der Waals surface area (Å²) in [4.78, 5) is 4.83. The first-order chi connectivity index (χ1) is 32.5. The maximum atomic E-state index is 2.44. The van der Waals surface area contributed by atoms with Gasteiger partial charge in [-0.15, -0.1) is 0 Å². The molecule has 0 aliphatic carbocycles. The van der Waals surface area contributed by atoms with Crippen LogP contribution in [-0.2, 0) is 5.41 Å². The zero-order chi connectivity index (χ0) is 44.2. The summed E-state index contributed by atoms with van der Waals surface area (Å²) in [5.74, 6) is 0. The predicted octanol–water partition coefficient (Wildman–Crippen LogP) is 17.4. The van der Waals surface area contributed by atoms with Crippen molar-refractivity contribution in [1.29, 1.82) is 0 Å². The number of aromatic nitrogens is 1. The van der Waals surface area contributed by atoms with Crippen LogP contribution in [0.5, 0.6) is 0 Å². The maximum absolute atomic E-state index is 2.44. The minimum absolute atomic E-state index is 0.262. The van der Waals surface area contributed by atoms with E-state index in [-0.39, 0.29) is 5.41 Å². The second kappa shape index (κ2) is 16.0. The third-order valence-electron chi connectivity index (χ3n) is 13.6. The summed E-state index contributed by atoms with van der Waals surface area (Å²) in [6.07, 6.45) is 0. The molecule has 1 aliphatic heterocycles. The average Bonchev–Trinajstić information content (AvgIpc) is 3.72. The van der Waals surface area contributed by atoms with E-state index in [0.29, 0.717) is 0 Å². The Hall–Kier alpha value is -8.40. The molecule has 2 heterocycles. The van der Waals surface area contributed by atoms with Crippen molar-refractivity contribution < 1.29 is 0 Å². The van der Waals surface area contributed by atoms with Crippen molar-refractivity contribution in [3.05, 3.63) is 260 Å². The molecule has 0 N–H and O–H groups in total. The van der Waals surface area contributed by atoms with Gasteiger partial charge >= 0.3 is 0 Å². The molecule has 66 heavy (non-hydrogen) atoms. The van der Waals surface area contributed by atoms with Crippen molar-refractivity contribution in [2.45, 2.75) is 19.3 Å². The second-order valence-electron chi connectivity index (χ2n) is 17.8. The predicted molar refractivity (Wildman–Crippen MR) is 279 cm³/mol. The smallest absolute Gasteiger partial charge is 0.0542 e. The highest BCUT2D eigenvalue weighted by atomic mass is 15.2. The molecule has 314 valence electrons. The Bertz CT molecular complexity index is 3520. The quantitative estimate of drug-likeness (QED) is 0.151. The van der Waals surface area contributed by atoms with Crippen molar-refractivity contribution in [2.24, 2.45) is 0 Å². The van der Waals surface area contributed by atoms with E-state index in [9.17, 15) is 0 Å². The van der Waals surface area contributed by atoms with Gasteiger partial charge in [0.05, 0.1) is 22.4 Å². The van der Waals surface area contributed by atoms with Crippen LogP contribution in [0.3, 0.4) is 0 Å². The second-order valence-corrected chi connectivity index (χ2v) is 17.8. The van der Waals surface area contributed by atoms with E-state index in [4.69, 9.17) is 0 Å². The molecule has 0 radical (unpaired) electrons. The number of hydrogen-bond donors (Lipinski definition) is 0. The lowest BCUT2D eigenvalue weighted by Gasteiger charge is -2.42. The van der Waals surface area contributed by atoms with Gasteiger partial charge in [0.2, 0.25) is 0 Å². The summed E-state index contributed by atoms with van der Waals surface area (Å²) in [7, 11) is 0. The number of benzene rings is 10. The molecule has 3 nitrogen and oxygen atoms in total. The zero-order valence-electron chi connectivity index (χ0n) is 37.0. The Balaban J connectivity index is 0.965. The van der Waals surface area contributed by atoms with Crippen LogP contribution in [0.4, 0.5) is 34.1 Å². The normalized spacial score (nSPS) is 12.8. The molecule has 10 aromatic carbocycles. The summed E-state index contributed by atoms with van der Waals surface area (Å²) < 4.78 is 2.38. The number of hydrogen-bond acceptors (Lipinski definition) is 2. The third kappa shape index (κ3) is 6.67. The lowest BCUT2D eigenvalue weighted by Crippen LogP contribution is -2.30. The van der Waals surface area contributed by atoms with E-state index in [0.717, 1.165) is 28.4 Å². The molecule has 0 bridgehead atoms. The molecule has 0 unspecified atom stereocenters. The highest BCUT2D eigenvalue weighted by Gasteiger charge is 2.37. The first-order valence-electron chi connectivity index (χ1n) is 22.8. The summed E-state index contributed by atoms with van der Waals surface area (Å²) in [5, 5.41) is 2.45. The molecular formula is C63H47N3. The molecular weight excluding hydrogens is 799 g/mol. The van der Waals surface area contributed by atoms with E-state index in [1.54, 1.807) is 0 Å². The molecule has 11 aromatic rings. The topological polar surface area (TPSA) is 11.4 Å². The van der Waals surface area contributed by atoms with Gasteiger partial charge in [-0.1, -0.05) is 166 Å². The fourth-order valence-corrected chi connectivity index (χ4v) is 10.2. The van der Waals surface area contributed by atoms with Crippen LogP contribution in [0.25, 0.3) is 60.9 Å². The number of anilines is 6. The monoisotopic (exact) mass is 845 g/mol. The van der Waals surface area contributed by atoms with Crippen molar-refractivity contribution >= 4 is 55.9 Å². The van der Waals surface area contributed by atoms with Gasteiger partial charge in [0.15, 0.2) is 0 Å². The molecule has 0 atom stereocenters. The molecule has 12 rings (SSSR count). The van der Waals surface area contributed by atoms with E-state index < -0.39 is 0 Å². The summed E-state index contributed by atoms with van der Waals surface area (Å²) >= 11 is 0. The van der Waals surface area contributed by atoms with Crippen LogP contribution >= 0.6 is 0 Å². The Morgan fingerprint density at radius 1 is 0.318 bits per heavy atom. The first-order valence-corrected chi connectivity index (χ1v) is 22.8. The van der Waals surface area contributed by atoms with Crippen molar-refractivity contribution in [2.75, 3.05) is 9.80 Å². The molecule has 0 saturated heterocycles. The third-order valence-corrected chi connectivity index (χ3v) is 13.6. The number of rotatable bonds is 8. The summed E-state index contributed by atoms with van der Waals surface area (Å²) in [6, 6.07) is 90.6. The van der Waals surface area contributed by atoms with Crippen LogP contribution in [0, 0.1) is 0 Å². The highest BCUT2D eigenvalue weighted by molar-refractivity contribution is 6.10. The Kier molecular flexibility index (Phi) is 9.50. The maximum Gasteiger partial charge on any atom is 0.0542 e. The lowest BCUT2D eigenvalue weighted by molar-refractivity contribution is 0.632. The Labute approximate surface area is 386 Å². The molecule has 0 fully saturated rings. The van der Waals surface area contributed by atoms with Gasteiger partial charge in [-0.05, 0) is 142 Å². The Morgan fingerprint density at radius 2 is 0.727 bits per heavy atom. The van der Waals surface area contributed by atoms with Gasteiger partial charge < -0.3 is 14.4 Å². The number of fused-ring (bicyclic) bond motifs is 5. The van der Waals surface area contributed by atoms with E-state index >= 15 is 0 Å². The standard InChI is InChI=1S/C63H47N3/c1-63(2)57-41-48(45-19-9-4-10-20-45)31-38-61(57)66(51-23-13-6-14-24-51)62-39-32-49(42-58(62)63)47-29-35-53(36-30-47)64(52-33-27-46(28-34-52)44-17-7-3-8-18-44)54-37-40-60-56(43-54)55-25-15-16-26-59(55)65(60)50-21-11-5-12-22-50/h3-43H,1-2H3. The molecule has 3 heteroatoms. The van der Waals surface area contributed by atoms with Crippen LogP contribution in [0.1, 0.15) is 25.0 Å². The number of para-hydroxylation sites is 3. The van der Waals surface area contributed by atoms with Gasteiger partial charge in [0.1, 0.15) is 0 Å². The van der Waals surface area contributed by atoms with Crippen LogP contribution in [-0.4, -0.2) is 4.57 Å². The minimum Gasteiger partial charge on any atom is -0.310 e. The van der Waals surface area contributed by atoms with E-state index in [1.807, 2.05) is 0 Å². The van der Waals surface area contributed by atoms with Gasteiger partial charge in [-0.25, -0.2) is 0 Å². The Morgan fingerprint density at radius 3 is 1.29 bits per heavy atom. The SMILES string of the molecule is CC1(C)c2cc(-c3ccccc3)ccc2N(c2ccccc2)c2ccc(-c3ccc(N(c4ccc(-c5ccccc5)cc4)c4ccc5c(c4)c4ccccc4n5-c4ccccc4)cc3)cc21. The summed E-state index contributed by atoms with van der Waals surface area (Å²) in [5.41, 5.74) is 20.0.